The molecule has 0 radical (unpaired) electrons. The van der Waals surface area contributed by atoms with Crippen LogP contribution < -0.4 is 5.32 Å². The third-order valence-corrected chi connectivity index (χ3v) is 5.11. The topological polar surface area (TPSA) is 64.7 Å². The van der Waals surface area contributed by atoms with Crippen LogP contribution in [-0.4, -0.2) is 32.0 Å². The van der Waals surface area contributed by atoms with E-state index >= 15 is 0 Å². The van der Waals surface area contributed by atoms with Gasteiger partial charge in [0, 0.05) is 17.8 Å². The first-order chi connectivity index (χ1) is 14.5. The number of hydrogen-bond donors (Lipinski definition) is 1. The van der Waals surface area contributed by atoms with Crippen molar-refractivity contribution in [2.24, 2.45) is 0 Å². The molecular formula is C18H20F7N5O. The molecule has 6 nitrogen and oxygen atoms in total. The third kappa shape index (κ3) is 4.69. The first kappa shape index (κ1) is 23.1. The number of rotatable bonds is 8. The zero-order valence-electron chi connectivity index (χ0n) is 16.4. The fraction of sp³-hybridized carbons (Fsp3) is 0.611. The Hall–Kier alpha value is -2.60. The van der Waals surface area contributed by atoms with Gasteiger partial charge in [0.2, 0.25) is 5.91 Å². The van der Waals surface area contributed by atoms with Crippen molar-refractivity contribution in [3.8, 4) is 0 Å². The van der Waals surface area contributed by atoms with Gasteiger partial charge in [0.05, 0.1) is 6.54 Å². The van der Waals surface area contributed by atoms with Crippen molar-refractivity contribution in [2.75, 3.05) is 6.54 Å². The lowest BCUT2D eigenvalue weighted by Gasteiger charge is -2.18. The summed E-state index contributed by atoms with van der Waals surface area (Å²) in [5.41, 5.74) is -2.06. The number of hydrogen-bond acceptors (Lipinski definition) is 3. The average molecular weight is 455 g/mol. The normalized spacial score (nSPS) is 15.0. The fourth-order valence-corrected chi connectivity index (χ4v) is 3.74. The molecule has 1 aliphatic rings. The first-order valence-electron chi connectivity index (χ1n) is 9.63. The minimum absolute atomic E-state index is 0.0939. The van der Waals surface area contributed by atoms with E-state index in [1.807, 2.05) is 0 Å². The number of carbonyl (C=O) groups excluding carboxylic acids is 1. The zero-order valence-corrected chi connectivity index (χ0v) is 16.4. The Morgan fingerprint density at radius 3 is 2.45 bits per heavy atom. The molecule has 13 heteroatoms. The summed E-state index contributed by atoms with van der Waals surface area (Å²) in [5.74, 6) is -0.645. The summed E-state index contributed by atoms with van der Waals surface area (Å²) >= 11 is 0. The molecule has 0 saturated carbocycles. The molecule has 0 aromatic carbocycles. The van der Waals surface area contributed by atoms with E-state index in [0.29, 0.717) is 29.3 Å². The Balaban J connectivity index is 1.73. The van der Waals surface area contributed by atoms with Crippen LogP contribution in [0.5, 0.6) is 0 Å². The van der Waals surface area contributed by atoms with Gasteiger partial charge in [-0.15, -0.1) is 0 Å². The summed E-state index contributed by atoms with van der Waals surface area (Å²) in [4.78, 5) is 12.6. The van der Waals surface area contributed by atoms with Crippen LogP contribution >= 0.6 is 0 Å². The van der Waals surface area contributed by atoms with E-state index in [0.717, 1.165) is 4.68 Å². The van der Waals surface area contributed by atoms with Crippen LogP contribution in [0.15, 0.2) is 6.07 Å². The number of alkyl halides is 7. The molecular weight excluding hydrogens is 435 g/mol. The van der Waals surface area contributed by atoms with Gasteiger partial charge in [0.25, 0.3) is 12.9 Å². The maximum Gasteiger partial charge on any atom is 0.435 e. The molecule has 0 fully saturated rings. The highest BCUT2D eigenvalue weighted by molar-refractivity contribution is 5.80. The molecule has 0 aliphatic heterocycles. The smallest absolute Gasteiger partial charge is 0.352 e. The SMILES string of the molecule is CC[C@@H](C(=O)NCCn1nc(C(F)F)cc1C(F)F)n1nc(C(F)(F)F)c2c1CCC2. The molecule has 1 amide bonds. The van der Waals surface area contributed by atoms with Crippen LogP contribution in [0, 0.1) is 0 Å². The molecule has 1 aliphatic carbocycles. The molecule has 1 N–H and O–H groups in total. The van der Waals surface area contributed by atoms with Crippen molar-refractivity contribution in [1.29, 1.82) is 0 Å². The number of nitrogens with one attached hydrogen (secondary N) is 1. The molecule has 172 valence electrons. The summed E-state index contributed by atoms with van der Waals surface area (Å²) in [5, 5.41) is 9.52. The summed E-state index contributed by atoms with van der Waals surface area (Å²) in [6, 6.07) is -0.427. The number of fused-ring (bicyclic) bond motifs is 1. The van der Waals surface area contributed by atoms with Crippen LogP contribution in [0.1, 0.15) is 67.0 Å². The van der Waals surface area contributed by atoms with Crippen molar-refractivity contribution in [1.82, 2.24) is 24.9 Å². The first-order valence-corrected chi connectivity index (χ1v) is 9.63. The molecule has 2 heterocycles. The lowest BCUT2D eigenvalue weighted by Crippen LogP contribution is -2.35. The second-order valence-corrected chi connectivity index (χ2v) is 7.10. The second-order valence-electron chi connectivity index (χ2n) is 7.10. The Bertz CT molecular complexity index is 935. The minimum Gasteiger partial charge on any atom is -0.352 e. The molecule has 0 bridgehead atoms. The van der Waals surface area contributed by atoms with Crippen LogP contribution in [-0.2, 0) is 30.4 Å². The largest absolute Gasteiger partial charge is 0.435 e. The lowest BCUT2D eigenvalue weighted by atomic mass is 10.1. The Kier molecular flexibility index (Phi) is 6.60. The van der Waals surface area contributed by atoms with Gasteiger partial charge in [-0.1, -0.05) is 6.92 Å². The monoisotopic (exact) mass is 455 g/mol. The Morgan fingerprint density at radius 1 is 1.16 bits per heavy atom. The zero-order chi connectivity index (χ0) is 22.9. The van der Waals surface area contributed by atoms with Crippen LogP contribution in [0.4, 0.5) is 30.7 Å². The van der Waals surface area contributed by atoms with Crippen molar-refractivity contribution in [2.45, 2.75) is 64.2 Å². The lowest BCUT2D eigenvalue weighted by molar-refractivity contribution is -0.142. The van der Waals surface area contributed by atoms with Gasteiger partial charge in [-0.3, -0.25) is 14.2 Å². The van der Waals surface area contributed by atoms with Gasteiger partial charge >= 0.3 is 6.18 Å². The molecule has 2 aromatic rings. The summed E-state index contributed by atoms with van der Waals surface area (Å²) in [6.07, 6.45) is -9.43. The molecule has 0 unspecified atom stereocenters. The number of amides is 1. The Labute approximate surface area is 172 Å². The number of aromatic nitrogens is 4. The molecule has 0 spiro atoms. The Morgan fingerprint density at radius 2 is 1.87 bits per heavy atom. The number of nitrogens with zero attached hydrogens (tertiary/aromatic N) is 4. The van der Waals surface area contributed by atoms with E-state index in [1.165, 1.54) is 0 Å². The van der Waals surface area contributed by atoms with Gasteiger partial charge in [0.15, 0.2) is 5.69 Å². The number of halogens is 7. The van der Waals surface area contributed by atoms with E-state index in [1.54, 1.807) is 6.92 Å². The maximum absolute atomic E-state index is 13.3. The van der Waals surface area contributed by atoms with E-state index in [9.17, 15) is 35.5 Å². The van der Waals surface area contributed by atoms with Gasteiger partial charge in [-0.2, -0.15) is 23.4 Å². The van der Waals surface area contributed by atoms with Gasteiger partial charge in [0.1, 0.15) is 17.4 Å². The summed E-state index contributed by atoms with van der Waals surface area (Å²) in [6.45, 7) is 1.08. The van der Waals surface area contributed by atoms with Gasteiger partial charge in [-0.05, 0) is 31.7 Å². The standard InChI is InChI=1S/C18H20F7N5O/c1-2-11(30-12-5-3-4-9(12)14(28-30)18(23,24)25)17(31)26-6-7-29-13(16(21)22)8-10(27-29)15(19)20/h8,11,15-16H,2-7H2,1H3,(H,26,31)/t11-/m0/s1. The van der Waals surface area contributed by atoms with E-state index in [4.69, 9.17) is 0 Å². The highest BCUT2D eigenvalue weighted by atomic mass is 19.4. The predicted octanol–water partition coefficient (Wildman–Crippen LogP) is 4.23. The second kappa shape index (κ2) is 8.87. The fourth-order valence-electron chi connectivity index (χ4n) is 3.74. The van der Waals surface area contributed by atoms with Crippen LogP contribution in [0.25, 0.3) is 0 Å². The van der Waals surface area contributed by atoms with Crippen molar-refractivity contribution in [3.63, 3.8) is 0 Å². The molecule has 0 saturated heterocycles. The van der Waals surface area contributed by atoms with Crippen LogP contribution in [0.2, 0.25) is 0 Å². The minimum atomic E-state index is -4.64. The number of carbonyl (C=O) groups is 1. The van der Waals surface area contributed by atoms with Crippen molar-refractivity contribution in [3.05, 3.63) is 34.4 Å². The highest BCUT2D eigenvalue weighted by Crippen LogP contribution is 2.37. The van der Waals surface area contributed by atoms with Crippen LogP contribution in [0.3, 0.4) is 0 Å². The maximum atomic E-state index is 13.3. The van der Waals surface area contributed by atoms with Crippen molar-refractivity contribution < 1.29 is 35.5 Å². The van der Waals surface area contributed by atoms with Gasteiger partial charge in [-0.25, -0.2) is 17.6 Å². The molecule has 31 heavy (non-hydrogen) atoms. The highest BCUT2D eigenvalue weighted by Gasteiger charge is 2.41. The summed E-state index contributed by atoms with van der Waals surface area (Å²) in [7, 11) is 0. The predicted molar refractivity (Wildman–Crippen MR) is 93.7 cm³/mol. The van der Waals surface area contributed by atoms with Crippen molar-refractivity contribution >= 4 is 5.91 Å². The average Bonchev–Trinajstić information content (AvgIpc) is 3.37. The quantitative estimate of drug-likeness (QED) is 0.606. The van der Waals surface area contributed by atoms with E-state index in [2.05, 4.69) is 15.5 Å². The summed E-state index contributed by atoms with van der Waals surface area (Å²) < 4.78 is 93.1. The molecule has 3 rings (SSSR count). The van der Waals surface area contributed by atoms with E-state index in [-0.39, 0.29) is 31.5 Å². The third-order valence-electron chi connectivity index (χ3n) is 5.11. The molecule has 1 atom stereocenters. The molecule has 2 aromatic heterocycles. The van der Waals surface area contributed by atoms with Gasteiger partial charge < -0.3 is 5.32 Å². The van der Waals surface area contributed by atoms with E-state index < -0.39 is 48.1 Å².